The lowest BCUT2D eigenvalue weighted by molar-refractivity contribution is -0.192. The fourth-order valence-corrected chi connectivity index (χ4v) is 3.62. The molecule has 0 spiro atoms. The molecule has 0 aliphatic carbocycles. The van der Waals surface area contributed by atoms with Crippen molar-refractivity contribution in [2.75, 3.05) is 26.8 Å². The standard InChI is InChI=1S/C29H35N3O2.C2HF3O2/c1-4-17-30-20-25-11-15-28(31-21-25)27-12-9-24(10-13-27)22-32(18-19-34-3)29(33)16-14-26-8-6-5-7-23(26)2;3-2(4,5)1(6)7/h5-16,21,30H,4,17-20,22H2,1-3H3;(H,6,7)/b16-14+;. The summed E-state index contributed by atoms with van der Waals surface area (Å²) in [5.74, 6) is -2.79. The van der Waals surface area contributed by atoms with E-state index in [4.69, 9.17) is 14.6 Å². The number of aryl methyl sites for hydroxylation is 1. The van der Waals surface area contributed by atoms with Crippen LogP contribution in [0.15, 0.2) is 72.9 Å². The fourth-order valence-electron chi connectivity index (χ4n) is 3.62. The van der Waals surface area contributed by atoms with Gasteiger partial charge in [-0.1, -0.05) is 61.5 Å². The van der Waals surface area contributed by atoms with Gasteiger partial charge in [0.15, 0.2) is 0 Å². The van der Waals surface area contributed by atoms with Crippen LogP contribution >= 0.6 is 0 Å². The maximum Gasteiger partial charge on any atom is 0.490 e. The van der Waals surface area contributed by atoms with Crippen molar-refractivity contribution in [1.29, 1.82) is 0 Å². The number of hydrogen-bond acceptors (Lipinski definition) is 5. The molecule has 220 valence electrons. The maximum absolute atomic E-state index is 12.9. The second kappa shape index (κ2) is 16.9. The first-order chi connectivity index (χ1) is 19.5. The van der Waals surface area contributed by atoms with E-state index in [0.29, 0.717) is 19.7 Å². The highest BCUT2D eigenvalue weighted by molar-refractivity contribution is 5.92. The molecule has 2 aromatic carbocycles. The Bertz CT molecular complexity index is 1260. The number of amides is 1. The normalized spacial score (nSPS) is 11.2. The molecule has 1 heterocycles. The first-order valence-electron chi connectivity index (χ1n) is 13.1. The van der Waals surface area contributed by atoms with E-state index in [-0.39, 0.29) is 5.91 Å². The summed E-state index contributed by atoms with van der Waals surface area (Å²) in [4.78, 5) is 28.2. The zero-order valence-electron chi connectivity index (χ0n) is 23.4. The van der Waals surface area contributed by atoms with Crippen LogP contribution in [0.3, 0.4) is 0 Å². The topological polar surface area (TPSA) is 91.8 Å². The lowest BCUT2D eigenvalue weighted by atomic mass is 10.1. The molecule has 2 N–H and O–H groups in total. The van der Waals surface area contributed by atoms with E-state index in [0.717, 1.165) is 47.5 Å². The third-order valence-electron chi connectivity index (χ3n) is 5.92. The highest BCUT2D eigenvalue weighted by atomic mass is 19.4. The summed E-state index contributed by atoms with van der Waals surface area (Å²) in [6, 6.07) is 20.5. The number of carbonyl (C=O) groups excluding carboxylic acids is 1. The van der Waals surface area contributed by atoms with E-state index in [1.54, 1.807) is 13.2 Å². The second-order valence-corrected chi connectivity index (χ2v) is 9.17. The van der Waals surface area contributed by atoms with Gasteiger partial charge in [-0.2, -0.15) is 13.2 Å². The minimum absolute atomic E-state index is 0.0293. The van der Waals surface area contributed by atoms with Crippen molar-refractivity contribution < 1.29 is 32.6 Å². The minimum atomic E-state index is -5.08. The first kappa shape index (κ1) is 33.2. The molecular weight excluding hydrogens is 535 g/mol. The molecular formula is C31H36F3N3O4. The van der Waals surface area contributed by atoms with Crippen LogP contribution in [0.2, 0.25) is 0 Å². The maximum atomic E-state index is 12.9. The molecule has 0 saturated carbocycles. The number of carboxylic acids is 1. The van der Waals surface area contributed by atoms with Crippen molar-refractivity contribution in [2.24, 2.45) is 0 Å². The summed E-state index contributed by atoms with van der Waals surface area (Å²) in [6.45, 7) is 7.59. The number of aromatic nitrogens is 1. The zero-order chi connectivity index (χ0) is 30.3. The molecule has 0 atom stereocenters. The molecule has 1 amide bonds. The van der Waals surface area contributed by atoms with Gasteiger partial charge in [-0.15, -0.1) is 0 Å². The van der Waals surface area contributed by atoms with E-state index in [1.165, 1.54) is 5.56 Å². The second-order valence-electron chi connectivity index (χ2n) is 9.17. The number of carbonyl (C=O) groups is 2. The molecule has 0 saturated heterocycles. The largest absolute Gasteiger partial charge is 0.490 e. The monoisotopic (exact) mass is 571 g/mol. The number of hydrogen-bond donors (Lipinski definition) is 2. The van der Waals surface area contributed by atoms with Crippen LogP contribution in [0.1, 0.15) is 35.6 Å². The summed E-state index contributed by atoms with van der Waals surface area (Å²) >= 11 is 0. The van der Waals surface area contributed by atoms with Gasteiger partial charge in [-0.25, -0.2) is 4.79 Å². The zero-order valence-corrected chi connectivity index (χ0v) is 23.4. The molecule has 10 heteroatoms. The van der Waals surface area contributed by atoms with E-state index in [9.17, 15) is 18.0 Å². The summed E-state index contributed by atoms with van der Waals surface area (Å²) in [5.41, 5.74) is 6.44. The first-order valence-corrected chi connectivity index (χ1v) is 13.1. The van der Waals surface area contributed by atoms with Crippen LogP contribution in [0.4, 0.5) is 13.2 Å². The molecule has 0 aliphatic rings. The van der Waals surface area contributed by atoms with Crippen molar-refractivity contribution in [3.8, 4) is 11.3 Å². The number of carboxylic acid groups (broad SMARTS) is 1. The molecule has 0 fully saturated rings. The van der Waals surface area contributed by atoms with Gasteiger partial charge in [0.2, 0.25) is 5.91 Å². The van der Waals surface area contributed by atoms with Gasteiger partial charge in [0, 0.05) is 44.6 Å². The summed E-state index contributed by atoms with van der Waals surface area (Å²) in [6.07, 6.45) is 1.49. The average Bonchev–Trinajstić information content (AvgIpc) is 2.95. The third-order valence-corrected chi connectivity index (χ3v) is 5.92. The van der Waals surface area contributed by atoms with Crippen LogP contribution in [-0.4, -0.2) is 59.8 Å². The van der Waals surface area contributed by atoms with Crippen LogP contribution < -0.4 is 5.32 Å². The Morgan fingerprint density at radius 1 is 1.05 bits per heavy atom. The van der Waals surface area contributed by atoms with Crippen LogP contribution in [0, 0.1) is 6.92 Å². The molecule has 1 aromatic heterocycles. The number of nitrogens with zero attached hydrogens (tertiary/aromatic N) is 2. The minimum Gasteiger partial charge on any atom is -0.475 e. The van der Waals surface area contributed by atoms with E-state index in [1.807, 2.05) is 48.4 Å². The Labute approximate surface area is 238 Å². The Hall–Kier alpha value is -4.02. The number of pyridine rings is 1. The molecule has 0 aliphatic heterocycles. The highest BCUT2D eigenvalue weighted by Gasteiger charge is 2.38. The van der Waals surface area contributed by atoms with E-state index >= 15 is 0 Å². The number of ether oxygens (including phenoxy) is 1. The van der Waals surface area contributed by atoms with Crippen molar-refractivity contribution in [3.05, 3.63) is 95.2 Å². The van der Waals surface area contributed by atoms with Crippen LogP contribution in [0.25, 0.3) is 17.3 Å². The Morgan fingerprint density at radius 2 is 1.71 bits per heavy atom. The smallest absolute Gasteiger partial charge is 0.475 e. The number of benzene rings is 2. The Balaban J connectivity index is 0.000000745. The predicted octanol–water partition coefficient (Wildman–Crippen LogP) is 5.88. The predicted molar refractivity (Wildman–Crippen MR) is 153 cm³/mol. The van der Waals surface area contributed by atoms with Crippen LogP contribution in [0.5, 0.6) is 0 Å². The van der Waals surface area contributed by atoms with Gasteiger partial charge in [0.25, 0.3) is 0 Å². The van der Waals surface area contributed by atoms with Gasteiger partial charge in [-0.05, 0) is 54.3 Å². The Kier molecular flexibility index (Phi) is 13.7. The fraction of sp³-hybridized carbons (Fsp3) is 0.323. The van der Waals surface area contributed by atoms with Gasteiger partial charge in [0.1, 0.15) is 0 Å². The van der Waals surface area contributed by atoms with E-state index < -0.39 is 12.1 Å². The quantitative estimate of drug-likeness (QED) is 0.209. The van der Waals surface area contributed by atoms with Gasteiger partial charge < -0.3 is 20.1 Å². The van der Waals surface area contributed by atoms with E-state index in [2.05, 4.69) is 53.6 Å². The summed E-state index contributed by atoms with van der Waals surface area (Å²) in [7, 11) is 1.65. The van der Waals surface area contributed by atoms with Gasteiger partial charge in [0.05, 0.1) is 12.3 Å². The van der Waals surface area contributed by atoms with Crippen molar-refractivity contribution in [2.45, 2.75) is 39.5 Å². The molecule has 0 radical (unpaired) electrons. The molecule has 0 unspecified atom stereocenters. The third kappa shape index (κ3) is 11.9. The molecule has 41 heavy (non-hydrogen) atoms. The van der Waals surface area contributed by atoms with Gasteiger partial charge >= 0.3 is 12.1 Å². The number of alkyl halides is 3. The summed E-state index contributed by atoms with van der Waals surface area (Å²) < 4.78 is 37.0. The van der Waals surface area contributed by atoms with Crippen molar-refractivity contribution >= 4 is 18.0 Å². The Morgan fingerprint density at radius 3 is 2.27 bits per heavy atom. The van der Waals surface area contributed by atoms with Crippen molar-refractivity contribution in [1.82, 2.24) is 15.2 Å². The SMILES string of the molecule is CCCNCc1ccc(-c2ccc(CN(CCOC)C(=O)/C=C/c3ccccc3C)cc2)nc1.O=C(O)C(F)(F)F. The van der Waals surface area contributed by atoms with Crippen molar-refractivity contribution in [3.63, 3.8) is 0 Å². The number of methoxy groups -OCH3 is 1. The molecule has 0 bridgehead atoms. The number of rotatable bonds is 12. The molecule has 3 rings (SSSR count). The molecule has 7 nitrogen and oxygen atoms in total. The number of halogens is 3. The highest BCUT2D eigenvalue weighted by Crippen LogP contribution is 2.19. The molecule has 3 aromatic rings. The van der Waals surface area contributed by atoms with Gasteiger partial charge in [-0.3, -0.25) is 9.78 Å². The number of aliphatic carboxylic acids is 1. The number of nitrogens with one attached hydrogen (secondary N) is 1. The summed E-state index contributed by atoms with van der Waals surface area (Å²) in [5, 5.41) is 10.5. The lowest BCUT2D eigenvalue weighted by Gasteiger charge is -2.21. The lowest BCUT2D eigenvalue weighted by Crippen LogP contribution is -2.32. The van der Waals surface area contributed by atoms with Crippen LogP contribution in [-0.2, 0) is 27.4 Å². The average molecular weight is 572 g/mol.